The summed E-state index contributed by atoms with van der Waals surface area (Å²) in [6.45, 7) is 8.50. The number of amides is 1. The Morgan fingerprint density at radius 3 is 2.47 bits per heavy atom. The Labute approximate surface area is 116 Å². The lowest BCUT2D eigenvalue weighted by atomic mass is 10.3. The van der Waals surface area contributed by atoms with Crippen LogP contribution < -0.4 is 5.32 Å². The van der Waals surface area contributed by atoms with E-state index < -0.39 is 6.10 Å². The van der Waals surface area contributed by atoms with E-state index in [4.69, 9.17) is 9.47 Å². The van der Waals surface area contributed by atoms with Crippen molar-refractivity contribution in [1.29, 1.82) is 0 Å². The first-order valence-electron chi connectivity index (χ1n) is 6.82. The first-order chi connectivity index (χ1) is 9.04. The van der Waals surface area contributed by atoms with E-state index in [0.717, 1.165) is 0 Å². The van der Waals surface area contributed by atoms with E-state index in [-0.39, 0.29) is 25.2 Å². The molecule has 0 aliphatic heterocycles. The van der Waals surface area contributed by atoms with Crippen LogP contribution in [0.1, 0.15) is 20.8 Å². The van der Waals surface area contributed by atoms with Gasteiger partial charge in [-0.05, 0) is 20.8 Å². The smallest absolute Gasteiger partial charge is 0.236 e. The van der Waals surface area contributed by atoms with Gasteiger partial charge in [-0.1, -0.05) is 0 Å². The van der Waals surface area contributed by atoms with E-state index in [1.165, 1.54) is 0 Å². The van der Waals surface area contributed by atoms with Crippen molar-refractivity contribution in [2.24, 2.45) is 0 Å². The maximum absolute atomic E-state index is 11.7. The number of ether oxygens (including phenoxy) is 2. The maximum Gasteiger partial charge on any atom is 0.236 e. The van der Waals surface area contributed by atoms with E-state index in [9.17, 15) is 9.90 Å². The molecule has 0 aliphatic carbocycles. The summed E-state index contributed by atoms with van der Waals surface area (Å²) in [5.41, 5.74) is 0. The topological polar surface area (TPSA) is 71.0 Å². The highest BCUT2D eigenvalue weighted by atomic mass is 16.5. The molecule has 0 fully saturated rings. The lowest BCUT2D eigenvalue weighted by Crippen LogP contribution is -2.41. The SMILES string of the molecule is CCN(CC)C(=O)CNCC(O)COC(C)COC. The van der Waals surface area contributed by atoms with Gasteiger partial charge in [0.1, 0.15) is 0 Å². The van der Waals surface area contributed by atoms with Gasteiger partial charge < -0.3 is 24.8 Å². The Balaban J connectivity index is 3.68. The Kier molecular flexibility index (Phi) is 10.8. The molecule has 0 aromatic carbocycles. The molecule has 2 atom stereocenters. The van der Waals surface area contributed by atoms with Crippen LogP contribution in [0.25, 0.3) is 0 Å². The van der Waals surface area contributed by atoms with Crippen LogP contribution in [-0.2, 0) is 14.3 Å². The average molecular weight is 276 g/mol. The summed E-state index contributed by atoms with van der Waals surface area (Å²) in [7, 11) is 1.61. The molecule has 0 heterocycles. The number of aliphatic hydroxyl groups excluding tert-OH is 1. The van der Waals surface area contributed by atoms with Crippen LogP contribution in [0.15, 0.2) is 0 Å². The molecule has 0 rings (SSSR count). The van der Waals surface area contributed by atoms with Crippen LogP contribution in [0.4, 0.5) is 0 Å². The fourth-order valence-corrected chi connectivity index (χ4v) is 1.65. The Bertz CT molecular complexity index is 235. The zero-order chi connectivity index (χ0) is 14.7. The lowest BCUT2D eigenvalue weighted by molar-refractivity contribution is -0.129. The molecule has 114 valence electrons. The molecule has 0 aromatic rings. The van der Waals surface area contributed by atoms with Gasteiger partial charge in [0.2, 0.25) is 5.91 Å². The largest absolute Gasteiger partial charge is 0.389 e. The molecule has 0 aliphatic rings. The second-order valence-corrected chi connectivity index (χ2v) is 4.45. The van der Waals surface area contributed by atoms with Crippen LogP contribution in [0.5, 0.6) is 0 Å². The minimum Gasteiger partial charge on any atom is -0.389 e. The molecule has 6 nitrogen and oxygen atoms in total. The van der Waals surface area contributed by atoms with Crippen LogP contribution in [-0.4, -0.2) is 74.6 Å². The number of aliphatic hydroxyl groups is 1. The molecule has 0 spiro atoms. The second kappa shape index (κ2) is 11.2. The summed E-state index contributed by atoms with van der Waals surface area (Å²) in [4.78, 5) is 13.4. The van der Waals surface area contributed by atoms with Gasteiger partial charge in [0, 0.05) is 26.7 Å². The van der Waals surface area contributed by atoms with Crippen molar-refractivity contribution in [3.05, 3.63) is 0 Å². The molecule has 0 saturated heterocycles. The number of nitrogens with one attached hydrogen (secondary N) is 1. The van der Waals surface area contributed by atoms with Crippen molar-refractivity contribution in [2.45, 2.75) is 33.0 Å². The van der Waals surface area contributed by atoms with Crippen LogP contribution in [0, 0.1) is 0 Å². The predicted molar refractivity (Wildman–Crippen MR) is 74.1 cm³/mol. The van der Waals surface area contributed by atoms with Crippen LogP contribution >= 0.6 is 0 Å². The molecule has 2 N–H and O–H groups in total. The number of carbonyl (C=O) groups is 1. The van der Waals surface area contributed by atoms with Crippen molar-refractivity contribution >= 4 is 5.91 Å². The van der Waals surface area contributed by atoms with Gasteiger partial charge in [0.15, 0.2) is 0 Å². The number of likely N-dealkylation sites (N-methyl/N-ethyl adjacent to an activating group) is 1. The standard InChI is InChI=1S/C13H28N2O4/c1-5-15(6-2)13(17)8-14-7-12(16)10-19-11(3)9-18-4/h11-12,14,16H,5-10H2,1-4H3. The summed E-state index contributed by atoms with van der Waals surface area (Å²) in [6, 6.07) is 0. The molecule has 0 saturated carbocycles. The van der Waals surface area contributed by atoms with E-state index in [1.54, 1.807) is 12.0 Å². The molecular formula is C13H28N2O4. The van der Waals surface area contributed by atoms with Crippen molar-refractivity contribution in [1.82, 2.24) is 10.2 Å². The Morgan fingerprint density at radius 1 is 1.32 bits per heavy atom. The van der Waals surface area contributed by atoms with Gasteiger partial charge in [0.25, 0.3) is 0 Å². The third-order valence-electron chi connectivity index (χ3n) is 2.75. The van der Waals surface area contributed by atoms with Gasteiger partial charge in [-0.25, -0.2) is 0 Å². The zero-order valence-corrected chi connectivity index (χ0v) is 12.5. The normalized spacial score (nSPS) is 14.2. The zero-order valence-electron chi connectivity index (χ0n) is 12.5. The molecule has 0 aromatic heterocycles. The minimum absolute atomic E-state index is 0.0445. The highest BCUT2D eigenvalue weighted by Gasteiger charge is 2.11. The maximum atomic E-state index is 11.7. The van der Waals surface area contributed by atoms with Gasteiger partial charge in [-0.15, -0.1) is 0 Å². The number of carbonyl (C=O) groups excluding carboxylic acids is 1. The van der Waals surface area contributed by atoms with Gasteiger partial charge in [0.05, 0.1) is 32.0 Å². The summed E-state index contributed by atoms with van der Waals surface area (Å²) in [6.07, 6.45) is -0.666. The number of hydrogen-bond acceptors (Lipinski definition) is 5. The second-order valence-electron chi connectivity index (χ2n) is 4.45. The number of rotatable bonds is 11. The molecule has 1 amide bonds. The number of methoxy groups -OCH3 is 1. The summed E-state index contributed by atoms with van der Waals surface area (Å²) in [5.74, 6) is 0.0471. The summed E-state index contributed by atoms with van der Waals surface area (Å²) < 4.78 is 10.3. The number of hydrogen-bond donors (Lipinski definition) is 2. The Hall–Kier alpha value is -0.690. The fraction of sp³-hybridized carbons (Fsp3) is 0.923. The third-order valence-corrected chi connectivity index (χ3v) is 2.75. The highest BCUT2D eigenvalue weighted by Crippen LogP contribution is 1.94. The van der Waals surface area contributed by atoms with Crippen LogP contribution in [0.2, 0.25) is 0 Å². The van der Waals surface area contributed by atoms with Crippen molar-refractivity contribution in [2.75, 3.05) is 46.5 Å². The fourth-order valence-electron chi connectivity index (χ4n) is 1.65. The van der Waals surface area contributed by atoms with Crippen molar-refractivity contribution in [3.8, 4) is 0 Å². The first-order valence-corrected chi connectivity index (χ1v) is 6.82. The van der Waals surface area contributed by atoms with E-state index in [0.29, 0.717) is 26.2 Å². The highest BCUT2D eigenvalue weighted by molar-refractivity contribution is 5.78. The summed E-state index contributed by atoms with van der Waals surface area (Å²) >= 11 is 0. The van der Waals surface area contributed by atoms with Gasteiger partial charge >= 0.3 is 0 Å². The summed E-state index contributed by atoms with van der Waals surface area (Å²) in [5, 5.41) is 12.6. The third kappa shape index (κ3) is 8.93. The lowest BCUT2D eigenvalue weighted by Gasteiger charge is -2.20. The quantitative estimate of drug-likeness (QED) is 0.549. The monoisotopic (exact) mass is 276 g/mol. The molecule has 6 heteroatoms. The van der Waals surface area contributed by atoms with Gasteiger partial charge in [-0.3, -0.25) is 4.79 Å². The molecule has 19 heavy (non-hydrogen) atoms. The van der Waals surface area contributed by atoms with E-state index in [1.807, 2.05) is 20.8 Å². The van der Waals surface area contributed by atoms with Gasteiger partial charge in [-0.2, -0.15) is 0 Å². The van der Waals surface area contributed by atoms with E-state index >= 15 is 0 Å². The molecule has 0 bridgehead atoms. The predicted octanol–water partition coefficient (Wildman–Crippen LogP) is -0.143. The van der Waals surface area contributed by atoms with Crippen LogP contribution in [0.3, 0.4) is 0 Å². The molecule has 0 radical (unpaired) electrons. The average Bonchev–Trinajstić information content (AvgIpc) is 2.38. The minimum atomic E-state index is -0.621. The van der Waals surface area contributed by atoms with E-state index in [2.05, 4.69) is 5.32 Å². The molecule has 2 unspecified atom stereocenters. The first kappa shape index (κ1) is 18.3. The van der Waals surface area contributed by atoms with Crippen molar-refractivity contribution in [3.63, 3.8) is 0 Å². The molecular weight excluding hydrogens is 248 g/mol. The number of nitrogens with zero attached hydrogens (tertiary/aromatic N) is 1. The van der Waals surface area contributed by atoms with Crippen molar-refractivity contribution < 1.29 is 19.4 Å². The Morgan fingerprint density at radius 2 is 1.95 bits per heavy atom.